The molecular formula is C16H19N3O. The van der Waals surface area contributed by atoms with Crippen LogP contribution in [0.25, 0.3) is 0 Å². The van der Waals surface area contributed by atoms with Crippen LogP contribution in [0.2, 0.25) is 0 Å². The van der Waals surface area contributed by atoms with Crippen molar-refractivity contribution in [2.45, 2.75) is 34.2 Å². The van der Waals surface area contributed by atoms with E-state index in [9.17, 15) is 4.79 Å². The number of nitrogens with one attached hydrogen (secondary N) is 1. The molecule has 0 fully saturated rings. The van der Waals surface area contributed by atoms with E-state index < -0.39 is 0 Å². The molecule has 0 radical (unpaired) electrons. The monoisotopic (exact) mass is 269 g/mol. The maximum absolute atomic E-state index is 12.2. The van der Waals surface area contributed by atoms with Crippen molar-refractivity contribution in [1.82, 2.24) is 15.3 Å². The van der Waals surface area contributed by atoms with E-state index in [0.717, 1.165) is 5.56 Å². The Labute approximate surface area is 119 Å². The van der Waals surface area contributed by atoms with Crippen LogP contribution in [0, 0.1) is 27.7 Å². The molecule has 104 valence electrons. The van der Waals surface area contributed by atoms with Gasteiger partial charge in [-0.25, -0.2) is 9.97 Å². The first-order valence-corrected chi connectivity index (χ1v) is 6.62. The molecule has 1 aromatic carbocycles. The van der Waals surface area contributed by atoms with E-state index in [-0.39, 0.29) is 5.91 Å². The van der Waals surface area contributed by atoms with Gasteiger partial charge in [0.05, 0.1) is 11.3 Å². The average molecular weight is 269 g/mol. The second-order valence-corrected chi connectivity index (χ2v) is 5.03. The van der Waals surface area contributed by atoms with E-state index in [0.29, 0.717) is 23.6 Å². The third-order valence-electron chi connectivity index (χ3n) is 3.29. The van der Waals surface area contributed by atoms with Gasteiger partial charge in [0.25, 0.3) is 5.91 Å². The molecule has 2 rings (SSSR count). The first-order chi connectivity index (χ1) is 9.47. The molecule has 1 aromatic heterocycles. The number of aromatic nitrogens is 2. The van der Waals surface area contributed by atoms with Crippen LogP contribution in [-0.4, -0.2) is 15.9 Å². The maximum Gasteiger partial charge on any atom is 0.254 e. The van der Waals surface area contributed by atoms with Crippen LogP contribution in [0.5, 0.6) is 0 Å². The first kappa shape index (κ1) is 14.2. The lowest BCUT2D eigenvalue weighted by molar-refractivity contribution is 0.0949. The van der Waals surface area contributed by atoms with E-state index in [1.807, 2.05) is 27.7 Å². The lowest BCUT2D eigenvalue weighted by atomic mass is 10.1. The SMILES string of the molecule is Cc1ccc(C)c(CNC(=O)c2cnc(C)nc2C)c1. The number of rotatable bonds is 3. The minimum Gasteiger partial charge on any atom is -0.348 e. The van der Waals surface area contributed by atoms with Crippen molar-refractivity contribution in [2.24, 2.45) is 0 Å². The molecule has 4 nitrogen and oxygen atoms in total. The molecule has 0 spiro atoms. The van der Waals surface area contributed by atoms with Gasteiger partial charge in [-0.1, -0.05) is 23.8 Å². The zero-order valence-electron chi connectivity index (χ0n) is 12.3. The molecule has 1 N–H and O–H groups in total. The fourth-order valence-electron chi connectivity index (χ4n) is 2.07. The molecule has 0 aliphatic heterocycles. The second-order valence-electron chi connectivity index (χ2n) is 5.03. The van der Waals surface area contributed by atoms with Crippen LogP contribution >= 0.6 is 0 Å². The van der Waals surface area contributed by atoms with Crippen molar-refractivity contribution in [3.8, 4) is 0 Å². The molecule has 20 heavy (non-hydrogen) atoms. The average Bonchev–Trinajstić information content (AvgIpc) is 2.39. The Balaban J connectivity index is 2.10. The molecular weight excluding hydrogens is 250 g/mol. The number of aryl methyl sites for hydroxylation is 4. The third kappa shape index (κ3) is 3.20. The molecule has 0 aliphatic carbocycles. The van der Waals surface area contributed by atoms with Crippen LogP contribution in [0.4, 0.5) is 0 Å². The molecule has 0 unspecified atom stereocenters. The normalized spacial score (nSPS) is 10.4. The van der Waals surface area contributed by atoms with Gasteiger partial charge in [0.1, 0.15) is 5.82 Å². The van der Waals surface area contributed by atoms with Crippen molar-refractivity contribution >= 4 is 5.91 Å². The van der Waals surface area contributed by atoms with Gasteiger partial charge in [0.15, 0.2) is 0 Å². The van der Waals surface area contributed by atoms with E-state index in [1.165, 1.54) is 11.1 Å². The minimum atomic E-state index is -0.136. The van der Waals surface area contributed by atoms with Crippen LogP contribution in [0.3, 0.4) is 0 Å². The molecule has 0 saturated carbocycles. The molecule has 0 bridgehead atoms. The summed E-state index contributed by atoms with van der Waals surface area (Å²) < 4.78 is 0. The summed E-state index contributed by atoms with van der Waals surface area (Å²) in [6.07, 6.45) is 1.58. The van der Waals surface area contributed by atoms with E-state index in [1.54, 1.807) is 6.20 Å². The summed E-state index contributed by atoms with van der Waals surface area (Å²) in [6, 6.07) is 6.23. The zero-order valence-corrected chi connectivity index (χ0v) is 12.3. The van der Waals surface area contributed by atoms with E-state index >= 15 is 0 Å². The van der Waals surface area contributed by atoms with Crippen LogP contribution in [-0.2, 0) is 6.54 Å². The number of benzene rings is 1. The van der Waals surface area contributed by atoms with Crippen LogP contribution < -0.4 is 5.32 Å². The number of amides is 1. The molecule has 1 amide bonds. The predicted octanol–water partition coefficient (Wildman–Crippen LogP) is 2.64. The Morgan fingerprint density at radius 2 is 1.95 bits per heavy atom. The standard InChI is InChI=1S/C16H19N3O/c1-10-5-6-11(2)14(7-10)8-18-16(20)15-9-17-13(4)19-12(15)3/h5-7,9H,8H2,1-4H3,(H,18,20). The Hall–Kier alpha value is -2.23. The molecule has 4 heteroatoms. The highest BCUT2D eigenvalue weighted by Gasteiger charge is 2.11. The Kier molecular flexibility index (Phi) is 4.13. The molecule has 2 aromatic rings. The van der Waals surface area contributed by atoms with Gasteiger partial charge in [-0.05, 0) is 38.8 Å². The summed E-state index contributed by atoms with van der Waals surface area (Å²) in [5.41, 5.74) is 4.73. The fourth-order valence-corrected chi connectivity index (χ4v) is 2.07. The molecule has 1 heterocycles. The number of hydrogen-bond acceptors (Lipinski definition) is 3. The summed E-state index contributed by atoms with van der Waals surface area (Å²) in [4.78, 5) is 20.4. The largest absolute Gasteiger partial charge is 0.348 e. The quantitative estimate of drug-likeness (QED) is 0.932. The maximum atomic E-state index is 12.2. The van der Waals surface area contributed by atoms with Crippen molar-refractivity contribution in [1.29, 1.82) is 0 Å². The van der Waals surface area contributed by atoms with Crippen LogP contribution in [0.15, 0.2) is 24.4 Å². The summed E-state index contributed by atoms with van der Waals surface area (Å²) >= 11 is 0. The summed E-state index contributed by atoms with van der Waals surface area (Å²) in [7, 11) is 0. The molecule has 0 atom stereocenters. The Morgan fingerprint density at radius 1 is 1.20 bits per heavy atom. The Bertz CT molecular complexity index is 650. The summed E-state index contributed by atoms with van der Waals surface area (Å²) in [6.45, 7) is 8.23. The van der Waals surface area contributed by atoms with Gasteiger partial charge >= 0.3 is 0 Å². The van der Waals surface area contributed by atoms with Gasteiger partial charge in [0, 0.05) is 12.7 Å². The molecule has 0 saturated heterocycles. The summed E-state index contributed by atoms with van der Waals surface area (Å²) in [5, 5.41) is 2.92. The predicted molar refractivity (Wildman–Crippen MR) is 78.6 cm³/mol. The highest BCUT2D eigenvalue weighted by Crippen LogP contribution is 2.11. The first-order valence-electron chi connectivity index (χ1n) is 6.62. The third-order valence-corrected chi connectivity index (χ3v) is 3.29. The lowest BCUT2D eigenvalue weighted by Gasteiger charge is -2.10. The summed E-state index contributed by atoms with van der Waals surface area (Å²) in [5.74, 6) is 0.539. The van der Waals surface area contributed by atoms with E-state index in [4.69, 9.17) is 0 Å². The van der Waals surface area contributed by atoms with Crippen molar-refractivity contribution in [2.75, 3.05) is 0 Å². The van der Waals surface area contributed by atoms with Gasteiger partial charge in [-0.3, -0.25) is 4.79 Å². The number of carbonyl (C=O) groups is 1. The zero-order chi connectivity index (χ0) is 14.7. The fraction of sp³-hybridized carbons (Fsp3) is 0.312. The van der Waals surface area contributed by atoms with Gasteiger partial charge in [-0.15, -0.1) is 0 Å². The number of hydrogen-bond donors (Lipinski definition) is 1. The second kappa shape index (κ2) is 5.82. The van der Waals surface area contributed by atoms with Crippen molar-refractivity contribution in [3.63, 3.8) is 0 Å². The number of nitrogens with zero attached hydrogens (tertiary/aromatic N) is 2. The van der Waals surface area contributed by atoms with Crippen LogP contribution in [0.1, 0.15) is 38.6 Å². The van der Waals surface area contributed by atoms with Crippen molar-refractivity contribution in [3.05, 3.63) is 58.2 Å². The molecule has 0 aliphatic rings. The highest BCUT2D eigenvalue weighted by molar-refractivity contribution is 5.94. The van der Waals surface area contributed by atoms with Crippen molar-refractivity contribution < 1.29 is 4.79 Å². The lowest BCUT2D eigenvalue weighted by Crippen LogP contribution is -2.24. The van der Waals surface area contributed by atoms with Gasteiger partial charge in [-0.2, -0.15) is 0 Å². The minimum absolute atomic E-state index is 0.136. The van der Waals surface area contributed by atoms with E-state index in [2.05, 4.69) is 33.5 Å². The number of carbonyl (C=O) groups excluding carboxylic acids is 1. The highest BCUT2D eigenvalue weighted by atomic mass is 16.1. The topological polar surface area (TPSA) is 54.9 Å². The Morgan fingerprint density at radius 3 is 2.65 bits per heavy atom. The smallest absolute Gasteiger partial charge is 0.254 e. The van der Waals surface area contributed by atoms with Gasteiger partial charge in [0.2, 0.25) is 0 Å². The van der Waals surface area contributed by atoms with Gasteiger partial charge < -0.3 is 5.32 Å².